The largest absolute Gasteiger partial charge is 2.00 e. The third-order valence-electron chi connectivity index (χ3n) is 1.32. The predicted molar refractivity (Wildman–Crippen MR) is 56.1 cm³/mol. The fourth-order valence-electron chi connectivity index (χ4n) is 0.898. The number of hydrogen-bond donors (Lipinski definition) is 0. The molecular formula is C10H22SiZn. The second-order valence-electron chi connectivity index (χ2n) is 4.49. The molecule has 12 heavy (non-hydrogen) atoms. The van der Waals surface area contributed by atoms with Crippen LogP contribution in [0.15, 0.2) is 0 Å². The van der Waals surface area contributed by atoms with Gasteiger partial charge in [-0.1, -0.05) is 38.9 Å². The molecule has 0 atom stereocenters. The minimum atomic E-state index is -0.861. The molecule has 0 aromatic carbocycles. The molecule has 1 fully saturated rings. The second-order valence-corrected chi connectivity index (χ2v) is 9.61. The van der Waals surface area contributed by atoms with Crippen molar-refractivity contribution in [2.75, 3.05) is 0 Å². The van der Waals surface area contributed by atoms with Crippen LogP contribution in [0.25, 0.3) is 0 Å². The maximum atomic E-state index is 3.91. The molecule has 2 heteroatoms. The molecule has 0 aromatic rings. The Labute approximate surface area is 92.3 Å². The standard InChI is InChI=1S/C6H11.C4H11Si.Zn/c1-2-4-6-5-3-1;1-5(2,3)4;/h1H,2-6H2;1H2,2-4H3;/q2*-1;+2. The van der Waals surface area contributed by atoms with Gasteiger partial charge in [-0.05, 0) is 0 Å². The first kappa shape index (κ1) is 15.3. The first-order valence-corrected chi connectivity index (χ1v) is 8.38. The summed E-state index contributed by atoms with van der Waals surface area (Å²) in [7, 11) is -0.861. The minimum absolute atomic E-state index is 0. The van der Waals surface area contributed by atoms with Crippen molar-refractivity contribution < 1.29 is 19.5 Å². The van der Waals surface area contributed by atoms with E-state index in [9.17, 15) is 0 Å². The molecule has 1 aliphatic rings. The summed E-state index contributed by atoms with van der Waals surface area (Å²) in [5, 5.41) is 0. The van der Waals surface area contributed by atoms with Gasteiger partial charge in [0.2, 0.25) is 0 Å². The molecule has 68 valence electrons. The summed E-state index contributed by atoms with van der Waals surface area (Å²) in [6, 6.07) is 0. The normalized spacial score (nSPS) is 17.0. The van der Waals surface area contributed by atoms with Crippen LogP contribution >= 0.6 is 0 Å². The van der Waals surface area contributed by atoms with Crippen molar-refractivity contribution in [3.63, 3.8) is 0 Å². The Morgan fingerprint density at radius 2 is 1.33 bits per heavy atom. The Kier molecular flexibility index (Phi) is 10.8. The quantitative estimate of drug-likeness (QED) is 0.442. The van der Waals surface area contributed by atoms with E-state index >= 15 is 0 Å². The zero-order valence-electron chi connectivity index (χ0n) is 9.03. The molecule has 1 rings (SSSR count). The van der Waals surface area contributed by atoms with E-state index in [4.69, 9.17) is 0 Å². The van der Waals surface area contributed by atoms with Crippen molar-refractivity contribution in [2.24, 2.45) is 0 Å². The SMILES string of the molecule is [CH-]1CCCCC1.[CH2-][Si](C)(C)C.[Zn+2]. The average molecular weight is 236 g/mol. The third-order valence-corrected chi connectivity index (χ3v) is 1.32. The first-order valence-electron chi connectivity index (χ1n) is 4.67. The summed E-state index contributed by atoms with van der Waals surface area (Å²) in [6.07, 6.45) is 9.50. The number of rotatable bonds is 0. The Morgan fingerprint density at radius 3 is 1.42 bits per heavy atom. The van der Waals surface area contributed by atoms with Gasteiger partial charge in [-0.15, -0.1) is 8.07 Å². The molecule has 0 radical (unpaired) electrons. The van der Waals surface area contributed by atoms with E-state index in [1.165, 1.54) is 32.1 Å². The van der Waals surface area contributed by atoms with Gasteiger partial charge in [0, 0.05) is 0 Å². The Hall–Kier alpha value is 0.840. The summed E-state index contributed by atoms with van der Waals surface area (Å²) in [5.74, 6) is 0. The van der Waals surface area contributed by atoms with Gasteiger partial charge in [0.15, 0.2) is 0 Å². The van der Waals surface area contributed by atoms with Crippen LogP contribution in [0.1, 0.15) is 32.1 Å². The van der Waals surface area contributed by atoms with Crippen molar-refractivity contribution in [3.05, 3.63) is 13.0 Å². The van der Waals surface area contributed by atoms with Gasteiger partial charge >= 0.3 is 19.5 Å². The van der Waals surface area contributed by atoms with Crippen molar-refractivity contribution in [2.45, 2.75) is 51.7 Å². The van der Waals surface area contributed by atoms with E-state index in [0.29, 0.717) is 0 Å². The Morgan fingerprint density at radius 1 is 1.00 bits per heavy atom. The van der Waals surface area contributed by atoms with Crippen LogP contribution in [0.3, 0.4) is 0 Å². The molecule has 0 nitrogen and oxygen atoms in total. The van der Waals surface area contributed by atoms with Crippen LogP contribution < -0.4 is 0 Å². The summed E-state index contributed by atoms with van der Waals surface area (Å²) >= 11 is 0. The molecule has 0 aromatic heterocycles. The second kappa shape index (κ2) is 8.44. The monoisotopic (exact) mass is 234 g/mol. The van der Waals surface area contributed by atoms with E-state index in [0.717, 1.165) is 0 Å². The predicted octanol–water partition coefficient (Wildman–Crippen LogP) is 3.85. The fraction of sp³-hybridized carbons (Fsp3) is 0.800. The summed E-state index contributed by atoms with van der Waals surface area (Å²) < 4.78 is 0. The molecule has 0 aliphatic heterocycles. The van der Waals surface area contributed by atoms with Gasteiger partial charge in [0.1, 0.15) is 0 Å². The first-order chi connectivity index (χ1) is 5.00. The molecule has 0 saturated heterocycles. The summed E-state index contributed by atoms with van der Waals surface area (Å²) in [4.78, 5) is 0. The number of hydrogen-bond acceptors (Lipinski definition) is 0. The Bertz CT molecular complexity index is 64.8. The van der Waals surface area contributed by atoms with Gasteiger partial charge in [-0.25, -0.2) is 0 Å². The van der Waals surface area contributed by atoms with Crippen molar-refractivity contribution in [1.82, 2.24) is 0 Å². The molecule has 0 amide bonds. The van der Waals surface area contributed by atoms with Crippen LogP contribution in [0, 0.1) is 13.0 Å². The maximum Gasteiger partial charge on any atom is 2.00 e. The molecule has 0 heterocycles. The fourth-order valence-corrected chi connectivity index (χ4v) is 0.898. The van der Waals surface area contributed by atoms with E-state index in [1.54, 1.807) is 0 Å². The van der Waals surface area contributed by atoms with Gasteiger partial charge in [0.05, 0.1) is 0 Å². The topological polar surface area (TPSA) is 0 Å². The van der Waals surface area contributed by atoms with Crippen molar-refractivity contribution in [1.29, 1.82) is 0 Å². The summed E-state index contributed by atoms with van der Waals surface area (Å²) in [6.45, 7) is 10.6. The van der Waals surface area contributed by atoms with Crippen LogP contribution in [0.4, 0.5) is 0 Å². The maximum absolute atomic E-state index is 3.91. The summed E-state index contributed by atoms with van der Waals surface area (Å²) in [5.41, 5.74) is 0. The molecular weight excluding hydrogens is 214 g/mol. The van der Waals surface area contributed by atoms with Gasteiger partial charge in [-0.3, -0.25) is 0 Å². The molecule has 1 aliphatic carbocycles. The average Bonchev–Trinajstić information content (AvgIpc) is 1.88. The van der Waals surface area contributed by atoms with E-state index in [2.05, 4.69) is 32.6 Å². The molecule has 1 saturated carbocycles. The van der Waals surface area contributed by atoms with Crippen molar-refractivity contribution in [3.8, 4) is 0 Å². The Balaban J connectivity index is 0. The van der Waals surface area contributed by atoms with Gasteiger partial charge in [-0.2, -0.15) is 12.8 Å². The molecule has 0 bridgehead atoms. The van der Waals surface area contributed by atoms with Gasteiger partial charge in [0.25, 0.3) is 0 Å². The van der Waals surface area contributed by atoms with Gasteiger partial charge < -0.3 is 13.0 Å². The van der Waals surface area contributed by atoms with E-state index < -0.39 is 8.07 Å². The van der Waals surface area contributed by atoms with Crippen LogP contribution in [-0.4, -0.2) is 8.07 Å². The smallest absolute Gasteiger partial charge is 0.342 e. The molecule has 0 unspecified atom stereocenters. The van der Waals surface area contributed by atoms with Crippen LogP contribution in [0.5, 0.6) is 0 Å². The van der Waals surface area contributed by atoms with Crippen molar-refractivity contribution >= 4 is 8.07 Å². The van der Waals surface area contributed by atoms with E-state index in [-0.39, 0.29) is 19.5 Å². The zero-order chi connectivity index (χ0) is 8.74. The molecule has 0 spiro atoms. The minimum Gasteiger partial charge on any atom is -0.342 e. The van der Waals surface area contributed by atoms with E-state index in [1.807, 2.05) is 0 Å². The van der Waals surface area contributed by atoms with Crippen LogP contribution in [0.2, 0.25) is 19.6 Å². The molecule has 0 N–H and O–H groups in total. The van der Waals surface area contributed by atoms with Crippen LogP contribution in [-0.2, 0) is 19.5 Å². The third kappa shape index (κ3) is 22.4. The zero-order valence-corrected chi connectivity index (χ0v) is 13.0.